The molecule has 4 heteroatoms. The van der Waals surface area contributed by atoms with Gasteiger partial charge in [-0.1, -0.05) is 11.6 Å². The van der Waals surface area contributed by atoms with Crippen LogP contribution in [0.25, 0.3) is 5.03 Å². The number of nitriles is 2. The van der Waals surface area contributed by atoms with Crippen LogP contribution in [0.1, 0.15) is 17.5 Å². The first-order chi connectivity index (χ1) is 9.19. The standard InChI is InChI=1S/C15H11ClN2O/c1-19-13-4-5-14-11(7-13)2-3-12(15(14)16)6-10(8-17)9-18/h4-7H,2-3H2,1H3. The molecule has 0 bridgehead atoms. The molecular formula is C15H11ClN2O. The summed E-state index contributed by atoms with van der Waals surface area (Å²) in [5.74, 6) is 0.803. The molecule has 0 N–H and O–H groups in total. The Balaban J connectivity index is 2.47. The fourth-order valence-electron chi connectivity index (χ4n) is 2.07. The van der Waals surface area contributed by atoms with Crippen molar-refractivity contribution in [1.82, 2.24) is 0 Å². The van der Waals surface area contributed by atoms with E-state index in [0.717, 1.165) is 28.9 Å². The van der Waals surface area contributed by atoms with Crippen LogP contribution < -0.4 is 4.74 Å². The van der Waals surface area contributed by atoms with E-state index in [2.05, 4.69) is 0 Å². The van der Waals surface area contributed by atoms with Crippen molar-refractivity contribution in [3.8, 4) is 17.9 Å². The lowest BCUT2D eigenvalue weighted by Gasteiger charge is -2.18. The van der Waals surface area contributed by atoms with Gasteiger partial charge in [0.15, 0.2) is 0 Å². The average molecular weight is 271 g/mol. The number of hydrogen-bond acceptors (Lipinski definition) is 3. The smallest absolute Gasteiger partial charge is 0.130 e. The van der Waals surface area contributed by atoms with Crippen molar-refractivity contribution in [2.75, 3.05) is 7.11 Å². The van der Waals surface area contributed by atoms with Crippen LogP contribution in [0.5, 0.6) is 5.75 Å². The molecule has 19 heavy (non-hydrogen) atoms. The van der Waals surface area contributed by atoms with Gasteiger partial charge in [0.1, 0.15) is 23.5 Å². The third-order valence-corrected chi connectivity index (χ3v) is 3.50. The minimum atomic E-state index is 0.0742. The number of rotatable bonds is 2. The zero-order valence-corrected chi connectivity index (χ0v) is 11.2. The van der Waals surface area contributed by atoms with E-state index in [1.54, 1.807) is 13.2 Å². The first kappa shape index (κ1) is 13.2. The maximum atomic E-state index is 8.78. The highest BCUT2D eigenvalue weighted by molar-refractivity contribution is 6.49. The van der Waals surface area contributed by atoms with Crippen molar-refractivity contribution in [2.24, 2.45) is 0 Å². The van der Waals surface area contributed by atoms with E-state index >= 15 is 0 Å². The number of fused-ring (bicyclic) bond motifs is 1. The summed E-state index contributed by atoms with van der Waals surface area (Å²) in [6.45, 7) is 0. The number of ether oxygens (including phenoxy) is 1. The molecule has 1 aromatic carbocycles. The first-order valence-electron chi connectivity index (χ1n) is 5.77. The normalized spacial score (nSPS) is 13.1. The average Bonchev–Trinajstić information content (AvgIpc) is 2.46. The summed E-state index contributed by atoms with van der Waals surface area (Å²) in [6, 6.07) is 9.42. The van der Waals surface area contributed by atoms with Gasteiger partial charge in [0.2, 0.25) is 0 Å². The summed E-state index contributed by atoms with van der Waals surface area (Å²) in [4.78, 5) is 0. The second kappa shape index (κ2) is 5.61. The van der Waals surface area contributed by atoms with Gasteiger partial charge < -0.3 is 4.74 Å². The van der Waals surface area contributed by atoms with Crippen LogP contribution in [0.2, 0.25) is 0 Å². The Labute approximate surface area is 117 Å². The second-order valence-electron chi connectivity index (χ2n) is 4.14. The molecule has 0 aromatic heterocycles. The van der Waals surface area contributed by atoms with Gasteiger partial charge in [-0.05, 0) is 53.8 Å². The predicted octanol–water partition coefficient (Wildman–Crippen LogP) is 3.56. The zero-order chi connectivity index (χ0) is 13.8. The summed E-state index contributed by atoms with van der Waals surface area (Å²) in [5.41, 5.74) is 2.97. The number of benzene rings is 1. The lowest BCUT2D eigenvalue weighted by atomic mass is 9.91. The Hall–Kier alpha value is -2.23. The third-order valence-electron chi connectivity index (χ3n) is 3.05. The van der Waals surface area contributed by atoms with Crippen LogP contribution in [0.3, 0.4) is 0 Å². The minimum Gasteiger partial charge on any atom is -0.497 e. The maximum absolute atomic E-state index is 8.78. The molecular weight excluding hydrogens is 260 g/mol. The summed E-state index contributed by atoms with van der Waals surface area (Å²) in [7, 11) is 1.63. The van der Waals surface area contributed by atoms with Crippen LogP contribution >= 0.6 is 11.6 Å². The van der Waals surface area contributed by atoms with Crippen LogP contribution in [0.4, 0.5) is 0 Å². The van der Waals surface area contributed by atoms with Crippen molar-refractivity contribution >= 4 is 16.6 Å². The molecule has 2 rings (SSSR count). The molecule has 3 nitrogen and oxygen atoms in total. The zero-order valence-electron chi connectivity index (χ0n) is 10.4. The molecule has 1 aromatic rings. The molecule has 0 amide bonds. The van der Waals surface area contributed by atoms with Crippen molar-refractivity contribution in [3.05, 3.63) is 46.5 Å². The Morgan fingerprint density at radius 1 is 1.32 bits per heavy atom. The molecule has 0 unspecified atom stereocenters. The summed E-state index contributed by atoms with van der Waals surface area (Å²) in [6.07, 6.45) is 3.10. The van der Waals surface area contributed by atoms with Crippen LogP contribution in [-0.2, 0) is 6.42 Å². The number of methoxy groups -OCH3 is 1. The molecule has 0 aliphatic heterocycles. The highest BCUT2D eigenvalue weighted by atomic mass is 35.5. The SMILES string of the molecule is COc1ccc2c(c1)CCC(C=C(C#N)C#N)=C2Cl. The quantitative estimate of drug-likeness (QED) is 0.772. The lowest BCUT2D eigenvalue weighted by Crippen LogP contribution is -2.02. The van der Waals surface area contributed by atoms with Gasteiger partial charge in [0, 0.05) is 0 Å². The van der Waals surface area contributed by atoms with Gasteiger partial charge in [-0.3, -0.25) is 0 Å². The fourth-order valence-corrected chi connectivity index (χ4v) is 2.40. The highest BCUT2D eigenvalue weighted by Gasteiger charge is 2.17. The summed E-state index contributed by atoms with van der Waals surface area (Å²) >= 11 is 6.34. The fraction of sp³-hybridized carbons (Fsp3) is 0.200. The third kappa shape index (κ3) is 2.62. The van der Waals surface area contributed by atoms with Crippen molar-refractivity contribution in [2.45, 2.75) is 12.8 Å². The van der Waals surface area contributed by atoms with E-state index in [4.69, 9.17) is 26.9 Å². The van der Waals surface area contributed by atoms with E-state index < -0.39 is 0 Å². The molecule has 0 spiro atoms. The van der Waals surface area contributed by atoms with Gasteiger partial charge in [0.05, 0.1) is 12.1 Å². The van der Waals surface area contributed by atoms with Crippen LogP contribution in [0, 0.1) is 22.7 Å². The Morgan fingerprint density at radius 3 is 2.68 bits per heavy atom. The molecule has 1 aliphatic rings. The van der Waals surface area contributed by atoms with E-state index in [1.165, 1.54) is 0 Å². The molecule has 0 atom stereocenters. The molecule has 0 fully saturated rings. The van der Waals surface area contributed by atoms with Crippen molar-refractivity contribution in [3.63, 3.8) is 0 Å². The maximum Gasteiger partial charge on any atom is 0.130 e. The van der Waals surface area contributed by atoms with E-state index in [0.29, 0.717) is 11.5 Å². The van der Waals surface area contributed by atoms with E-state index in [-0.39, 0.29) is 5.57 Å². The van der Waals surface area contributed by atoms with E-state index in [1.807, 2.05) is 30.3 Å². The largest absolute Gasteiger partial charge is 0.497 e. The predicted molar refractivity (Wildman–Crippen MR) is 73.4 cm³/mol. The monoisotopic (exact) mass is 270 g/mol. The Kier molecular flexibility index (Phi) is 3.90. The Bertz CT molecular complexity index is 644. The van der Waals surface area contributed by atoms with Gasteiger partial charge in [0.25, 0.3) is 0 Å². The number of halogens is 1. The number of hydrogen-bond donors (Lipinski definition) is 0. The molecule has 1 aliphatic carbocycles. The molecule has 0 heterocycles. The number of allylic oxidation sites excluding steroid dienone is 3. The minimum absolute atomic E-state index is 0.0742. The van der Waals surface area contributed by atoms with Gasteiger partial charge >= 0.3 is 0 Å². The van der Waals surface area contributed by atoms with Crippen molar-refractivity contribution < 1.29 is 4.74 Å². The topological polar surface area (TPSA) is 56.8 Å². The van der Waals surface area contributed by atoms with Crippen LogP contribution in [0.15, 0.2) is 35.4 Å². The van der Waals surface area contributed by atoms with Crippen molar-refractivity contribution in [1.29, 1.82) is 10.5 Å². The van der Waals surface area contributed by atoms with Gasteiger partial charge in [-0.25, -0.2) is 0 Å². The van der Waals surface area contributed by atoms with Crippen LogP contribution in [-0.4, -0.2) is 7.11 Å². The molecule has 0 saturated carbocycles. The first-order valence-corrected chi connectivity index (χ1v) is 6.15. The van der Waals surface area contributed by atoms with Gasteiger partial charge in [-0.15, -0.1) is 0 Å². The Morgan fingerprint density at radius 2 is 2.05 bits per heavy atom. The molecule has 94 valence electrons. The highest BCUT2D eigenvalue weighted by Crippen LogP contribution is 2.36. The van der Waals surface area contributed by atoms with Gasteiger partial charge in [-0.2, -0.15) is 10.5 Å². The number of nitrogens with zero attached hydrogens (tertiary/aromatic N) is 2. The number of aryl methyl sites for hydroxylation is 1. The molecule has 0 saturated heterocycles. The molecule has 0 radical (unpaired) electrons. The summed E-state index contributed by atoms with van der Waals surface area (Å²) in [5, 5.41) is 18.2. The van der Waals surface area contributed by atoms with E-state index in [9.17, 15) is 0 Å². The lowest BCUT2D eigenvalue weighted by molar-refractivity contribution is 0.414. The summed E-state index contributed by atoms with van der Waals surface area (Å²) < 4.78 is 5.18. The second-order valence-corrected chi connectivity index (χ2v) is 4.52.